The minimum atomic E-state index is -4.95. The van der Waals surface area contributed by atoms with Gasteiger partial charge in [-0.05, 0) is 35.9 Å². The molecule has 1 heterocycles. The molecule has 0 fully saturated rings. The van der Waals surface area contributed by atoms with E-state index in [1.54, 1.807) is 34.9 Å². The maximum atomic E-state index is 12.9. The van der Waals surface area contributed by atoms with Gasteiger partial charge in [0, 0.05) is 38.2 Å². The molecule has 130 valence electrons. The SMILES string of the molecule is O=C(c1cn(Cc2ccc(Cl)cc2Cl)c2ccc(Br)cc12)C(F)(F)F. The number of ketones is 1. The van der Waals surface area contributed by atoms with E-state index >= 15 is 0 Å². The average Bonchev–Trinajstić information content (AvgIpc) is 2.86. The topological polar surface area (TPSA) is 22.0 Å². The van der Waals surface area contributed by atoms with Crippen molar-refractivity contribution in [1.29, 1.82) is 0 Å². The number of fused-ring (bicyclic) bond motifs is 1. The maximum Gasteiger partial charge on any atom is 0.454 e. The predicted octanol–water partition coefficient (Wildman–Crippen LogP) is 6.50. The molecule has 0 saturated heterocycles. The van der Waals surface area contributed by atoms with Gasteiger partial charge in [0.05, 0.1) is 5.56 Å². The number of aromatic nitrogens is 1. The van der Waals surface area contributed by atoms with Gasteiger partial charge in [0.1, 0.15) is 0 Å². The second-order valence-electron chi connectivity index (χ2n) is 5.39. The third-order valence-corrected chi connectivity index (χ3v) is 4.78. The number of nitrogens with zero attached hydrogens (tertiary/aromatic N) is 1. The van der Waals surface area contributed by atoms with Crippen molar-refractivity contribution in [3.05, 3.63) is 68.2 Å². The van der Waals surface area contributed by atoms with Crippen LogP contribution >= 0.6 is 39.1 Å². The highest BCUT2D eigenvalue weighted by atomic mass is 79.9. The minimum absolute atomic E-state index is 0.208. The molecular formula is C17H9BrCl2F3NO. The predicted molar refractivity (Wildman–Crippen MR) is 95.6 cm³/mol. The van der Waals surface area contributed by atoms with Gasteiger partial charge in [-0.15, -0.1) is 0 Å². The fourth-order valence-corrected chi connectivity index (χ4v) is 3.40. The summed E-state index contributed by atoms with van der Waals surface area (Å²) in [7, 11) is 0. The van der Waals surface area contributed by atoms with Crippen molar-refractivity contribution < 1.29 is 18.0 Å². The molecule has 0 unspecified atom stereocenters. The summed E-state index contributed by atoms with van der Waals surface area (Å²) in [5.74, 6) is -1.88. The van der Waals surface area contributed by atoms with Gasteiger partial charge in [-0.3, -0.25) is 4.79 Å². The van der Waals surface area contributed by atoms with E-state index in [9.17, 15) is 18.0 Å². The Balaban J connectivity index is 2.14. The Morgan fingerprint density at radius 3 is 2.48 bits per heavy atom. The van der Waals surface area contributed by atoms with Crippen LogP contribution in [0.4, 0.5) is 13.2 Å². The number of hydrogen-bond acceptors (Lipinski definition) is 1. The van der Waals surface area contributed by atoms with Crippen molar-refractivity contribution in [1.82, 2.24) is 4.57 Å². The first-order valence-corrected chi connectivity index (χ1v) is 8.55. The van der Waals surface area contributed by atoms with Crippen LogP contribution in [-0.2, 0) is 6.54 Å². The number of carbonyl (C=O) groups is 1. The van der Waals surface area contributed by atoms with Crippen molar-refractivity contribution in [3.63, 3.8) is 0 Å². The van der Waals surface area contributed by atoms with E-state index in [1.165, 1.54) is 12.3 Å². The van der Waals surface area contributed by atoms with Crippen LogP contribution in [0.2, 0.25) is 10.0 Å². The third-order valence-electron chi connectivity index (χ3n) is 3.70. The van der Waals surface area contributed by atoms with Crippen LogP contribution in [0.25, 0.3) is 10.9 Å². The lowest BCUT2D eigenvalue weighted by Gasteiger charge is -2.08. The Labute approximate surface area is 159 Å². The van der Waals surface area contributed by atoms with Crippen molar-refractivity contribution in [3.8, 4) is 0 Å². The molecule has 0 saturated carbocycles. The highest BCUT2D eigenvalue weighted by Gasteiger charge is 2.40. The number of carbonyl (C=O) groups excluding carboxylic acids is 1. The standard InChI is InChI=1S/C17H9BrCl2F3NO/c18-10-2-4-15-12(5-10)13(16(25)17(21,22)23)8-24(15)7-9-1-3-11(19)6-14(9)20/h1-6,8H,7H2. The van der Waals surface area contributed by atoms with Crippen LogP contribution in [0.5, 0.6) is 0 Å². The van der Waals surface area contributed by atoms with Gasteiger partial charge in [0.25, 0.3) is 5.78 Å². The number of benzene rings is 2. The largest absolute Gasteiger partial charge is 0.454 e. The summed E-state index contributed by atoms with van der Waals surface area (Å²) in [5.41, 5.74) is 0.785. The van der Waals surface area contributed by atoms with Crippen molar-refractivity contribution >= 4 is 55.8 Å². The van der Waals surface area contributed by atoms with E-state index in [4.69, 9.17) is 23.2 Å². The van der Waals surface area contributed by atoms with E-state index < -0.39 is 17.5 Å². The summed E-state index contributed by atoms with van der Waals surface area (Å²) in [4.78, 5) is 11.8. The Kier molecular flexibility index (Phi) is 4.88. The van der Waals surface area contributed by atoms with Crippen molar-refractivity contribution in [2.24, 2.45) is 0 Å². The van der Waals surface area contributed by atoms with Crippen molar-refractivity contribution in [2.75, 3.05) is 0 Å². The first kappa shape index (κ1) is 18.3. The summed E-state index contributed by atoms with van der Waals surface area (Å²) in [6.07, 6.45) is -3.74. The zero-order valence-electron chi connectivity index (χ0n) is 12.4. The first-order valence-electron chi connectivity index (χ1n) is 7.00. The van der Waals surface area contributed by atoms with E-state index in [-0.39, 0.29) is 11.9 Å². The first-order chi connectivity index (χ1) is 11.7. The van der Waals surface area contributed by atoms with Gasteiger partial charge in [-0.25, -0.2) is 0 Å². The number of hydrogen-bond donors (Lipinski definition) is 0. The molecule has 0 spiro atoms. The van der Waals surface area contributed by atoms with Gasteiger partial charge >= 0.3 is 6.18 Å². The Bertz CT molecular complexity index is 982. The molecule has 3 aromatic rings. The molecule has 0 atom stereocenters. The lowest BCUT2D eigenvalue weighted by molar-refractivity contribution is -0.0884. The molecule has 0 N–H and O–H groups in total. The van der Waals surface area contributed by atoms with Crippen LogP contribution in [0.3, 0.4) is 0 Å². The van der Waals surface area contributed by atoms with E-state index in [2.05, 4.69) is 15.9 Å². The Morgan fingerprint density at radius 2 is 1.84 bits per heavy atom. The smallest absolute Gasteiger partial charge is 0.342 e. The zero-order valence-corrected chi connectivity index (χ0v) is 15.5. The molecule has 8 heteroatoms. The highest BCUT2D eigenvalue weighted by Crippen LogP contribution is 2.32. The quantitative estimate of drug-likeness (QED) is 0.417. The van der Waals surface area contributed by atoms with E-state index in [1.807, 2.05) is 0 Å². The van der Waals surface area contributed by atoms with E-state index in [0.717, 1.165) is 0 Å². The fourth-order valence-electron chi connectivity index (χ4n) is 2.57. The lowest BCUT2D eigenvalue weighted by atomic mass is 10.1. The molecule has 25 heavy (non-hydrogen) atoms. The van der Waals surface area contributed by atoms with Crippen LogP contribution < -0.4 is 0 Å². The van der Waals surface area contributed by atoms with Crippen LogP contribution in [0.1, 0.15) is 15.9 Å². The summed E-state index contributed by atoms with van der Waals surface area (Å²) in [5, 5.41) is 1.08. The molecular weight excluding hydrogens is 442 g/mol. The highest BCUT2D eigenvalue weighted by molar-refractivity contribution is 9.10. The molecule has 0 radical (unpaired) electrons. The van der Waals surface area contributed by atoms with E-state index in [0.29, 0.717) is 25.6 Å². The van der Waals surface area contributed by atoms with Gasteiger partial charge in [0.15, 0.2) is 0 Å². The van der Waals surface area contributed by atoms with Crippen molar-refractivity contribution in [2.45, 2.75) is 12.7 Å². The minimum Gasteiger partial charge on any atom is -0.342 e. The van der Waals surface area contributed by atoms with Crippen LogP contribution in [0, 0.1) is 0 Å². The third kappa shape index (κ3) is 3.71. The summed E-state index contributed by atoms with van der Waals surface area (Å²) >= 11 is 15.2. The lowest BCUT2D eigenvalue weighted by Crippen LogP contribution is -2.22. The molecule has 2 aromatic carbocycles. The summed E-state index contributed by atoms with van der Waals surface area (Å²) in [6, 6.07) is 9.74. The molecule has 1 aromatic heterocycles. The number of Topliss-reactive ketones (excluding diaryl/α,β-unsaturated/α-hetero) is 1. The molecule has 0 aliphatic heterocycles. The second kappa shape index (κ2) is 6.67. The normalized spacial score (nSPS) is 11.9. The van der Waals surface area contributed by atoms with Crippen LogP contribution in [0.15, 0.2) is 47.1 Å². The van der Waals surface area contributed by atoms with Gasteiger partial charge in [-0.2, -0.15) is 13.2 Å². The number of halogens is 6. The molecule has 0 aliphatic rings. The molecule has 0 bridgehead atoms. The Morgan fingerprint density at radius 1 is 1.12 bits per heavy atom. The average molecular weight is 451 g/mol. The van der Waals surface area contributed by atoms with Crippen LogP contribution in [-0.4, -0.2) is 16.5 Å². The van der Waals surface area contributed by atoms with Gasteiger partial charge in [0.2, 0.25) is 0 Å². The molecule has 2 nitrogen and oxygen atoms in total. The van der Waals surface area contributed by atoms with Gasteiger partial charge < -0.3 is 4.57 Å². The molecule has 0 amide bonds. The Hall–Kier alpha value is -1.50. The fraction of sp³-hybridized carbons (Fsp3) is 0.118. The van der Waals surface area contributed by atoms with Gasteiger partial charge in [-0.1, -0.05) is 45.2 Å². The monoisotopic (exact) mass is 449 g/mol. The maximum absolute atomic E-state index is 12.9. The summed E-state index contributed by atoms with van der Waals surface area (Å²) in [6.45, 7) is 0.208. The zero-order chi connectivity index (χ0) is 18.4. The number of alkyl halides is 3. The molecule has 0 aliphatic carbocycles. The summed E-state index contributed by atoms with van der Waals surface area (Å²) < 4.78 is 40.9. The second-order valence-corrected chi connectivity index (χ2v) is 7.15. The molecule has 3 rings (SSSR count). The number of rotatable bonds is 3.